The Bertz CT molecular complexity index is 1310. The van der Waals surface area contributed by atoms with Crippen molar-refractivity contribution in [3.8, 4) is 0 Å². The van der Waals surface area contributed by atoms with Gasteiger partial charge < -0.3 is 14.2 Å². The number of nitrogens with zero attached hydrogens (tertiary/aromatic N) is 3. The number of carbonyl (C=O) groups excluding carboxylic acids is 4. The Labute approximate surface area is 280 Å². The number of esters is 3. The molecule has 1 aromatic heterocycles. The fourth-order valence-corrected chi connectivity index (χ4v) is 10.8. The summed E-state index contributed by atoms with van der Waals surface area (Å²) in [7, 11) is 1.41. The number of hydrogen-bond acceptors (Lipinski definition) is 9. The molecule has 4 aliphatic rings. The molecule has 11 atom stereocenters. The molecule has 1 aromatic rings. The van der Waals surface area contributed by atoms with Crippen LogP contribution in [0, 0.1) is 46.3 Å². The standard InChI is InChI=1S/C37H57N3O7/c1-8-9-10-11-12-26-21-40(39-38-26)34-33-32(29-15-14-28(37(29,6)35(34)44)22(2)13-16-31(43)45-7)30(47-24(4)42)20-25-19-27(46-23(3)41)17-18-36(25,33)5/h21-22,25,27-30,32-34H,8-20H2,1-7H3/t22-,25+,27-,28?,29?,30-,32?,33?,34+,36+,37-/m1/s1. The Hall–Kier alpha value is -2.78. The maximum atomic E-state index is 15.4. The Balaban J connectivity index is 1.58. The summed E-state index contributed by atoms with van der Waals surface area (Å²) in [5.74, 6) is -0.420. The van der Waals surface area contributed by atoms with Crippen LogP contribution in [0.1, 0.15) is 130 Å². The zero-order valence-electron chi connectivity index (χ0n) is 29.7. The third kappa shape index (κ3) is 6.76. The molecule has 0 saturated heterocycles. The number of fused-ring (bicyclic) bond motifs is 5. The second-order valence-electron chi connectivity index (χ2n) is 15.7. The first-order valence-corrected chi connectivity index (χ1v) is 18.2. The largest absolute Gasteiger partial charge is 0.469 e. The highest BCUT2D eigenvalue weighted by atomic mass is 16.5. The van der Waals surface area contributed by atoms with E-state index in [4.69, 9.17) is 14.2 Å². The van der Waals surface area contributed by atoms with Crippen LogP contribution in [0.15, 0.2) is 6.20 Å². The smallest absolute Gasteiger partial charge is 0.305 e. The van der Waals surface area contributed by atoms with E-state index >= 15 is 4.79 Å². The van der Waals surface area contributed by atoms with Crippen molar-refractivity contribution < 1.29 is 33.4 Å². The van der Waals surface area contributed by atoms with Gasteiger partial charge >= 0.3 is 17.9 Å². The molecule has 0 aromatic carbocycles. The highest BCUT2D eigenvalue weighted by molar-refractivity contribution is 5.90. The molecular formula is C37H57N3O7. The molecule has 0 aliphatic heterocycles. The average molecular weight is 656 g/mol. The predicted octanol–water partition coefficient (Wildman–Crippen LogP) is 6.45. The van der Waals surface area contributed by atoms with Gasteiger partial charge in [-0.05, 0) is 86.9 Å². The van der Waals surface area contributed by atoms with Crippen LogP contribution < -0.4 is 0 Å². The molecule has 0 spiro atoms. The number of ketones is 1. The van der Waals surface area contributed by atoms with Gasteiger partial charge in [0.15, 0.2) is 5.78 Å². The van der Waals surface area contributed by atoms with Gasteiger partial charge in [-0.3, -0.25) is 19.2 Å². The van der Waals surface area contributed by atoms with Gasteiger partial charge in [0, 0.05) is 43.7 Å². The van der Waals surface area contributed by atoms with Crippen LogP contribution in [0.25, 0.3) is 0 Å². The van der Waals surface area contributed by atoms with Crippen molar-refractivity contribution >= 4 is 23.7 Å². The maximum absolute atomic E-state index is 15.4. The lowest BCUT2D eigenvalue weighted by atomic mass is 9.42. The molecule has 262 valence electrons. The molecule has 0 radical (unpaired) electrons. The first kappa shape index (κ1) is 35.5. The van der Waals surface area contributed by atoms with E-state index in [0.29, 0.717) is 25.7 Å². The number of unbranched alkanes of at least 4 members (excludes halogenated alkanes) is 3. The van der Waals surface area contributed by atoms with E-state index in [2.05, 4.69) is 38.0 Å². The van der Waals surface area contributed by atoms with Crippen molar-refractivity contribution in [2.75, 3.05) is 7.11 Å². The molecule has 4 saturated carbocycles. The molecule has 1 heterocycles. The number of carbonyl (C=O) groups is 4. The predicted molar refractivity (Wildman–Crippen MR) is 175 cm³/mol. The van der Waals surface area contributed by atoms with Gasteiger partial charge in [0.1, 0.15) is 18.2 Å². The molecule has 4 aliphatic carbocycles. The minimum Gasteiger partial charge on any atom is -0.469 e. The monoisotopic (exact) mass is 655 g/mol. The van der Waals surface area contributed by atoms with E-state index in [-0.39, 0.29) is 76.8 Å². The van der Waals surface area contributed by atoms with E-state index in [1.807, 2.05) is 10.9 Å². The Kier molecular flexibility index (Phi) is 10.9. The van der Waals surface area contributed by atoms with Crippen molar-refractivity contribution in [3.05, 3.63) is 11.9 Å². The molecule has 0 N–H and O–H groups in total. The van der Waals surface area contributed by atoms with E-state index < -0.39 is 11.5 Å². The van der Waals surface area contributed by atoms with Crippen molar-refractivity contribution in [2.24, 2.45) is 46.3 Å². The Morgan fingerprint density at radius 2 is 1.79 bits per heavy atom. The van der Waals surface area contributed by atoms with Gasteiger partial charge in [0.2, 0.25) is 0 Å². The fourth-order valence-electron chi connectivity index (χ4n) is 10.8. The zero-order chi connectivity index (χ0) is 34.1. The number of aryl methyl sites for hydroxylation is 1. The minimum atomic E-state index is -0.675. The molecule has 4 fully saturated rings. The van der Waals surface area contributed by atoms with E-state index in [1.165, 1.54) is 27.4 Å². The summed E-state index contributed by atoms with van der Waals surface area (Å²) in [6.07, 6.45) is 12.4. The maximum Gasteiger partial charge on any atom is 0.305 e. The van der Waals surface area contributed by atoms with Crippen LogP contribution in [-0.2, 0) is 39.8 Å². The SMILES string of the molecule is CCCCCCc1cn([C@@H]2C(=O)[C@@]3(C)C(CCC3[C@H](C)CCC(=O)OC)C3C2[C@@]2(C)CC[C@@H](OC(C)=O)C[C@H]2C[C@H]3OC(C)=O)nn1. The summed E-state index contributed by atoms with van der Waals surface area (Å²) in [5, 5.41) is 9.27. The lowest BCUT2D eigenvalue weighted by molar-refractivity contribution is -0.207. The molecule has 10 heteroatoms. The second kappa shape index (κ2) is 14.4. The molecule has 47 heavy (non-hydrogen) atoms. The van der Waals surface area contributed by atoms with Crippen molar-refractivity contribution in [1.82, 2.24) is 15.0 Å². The number of rotatable bonds is 12. The van der Waals surface area contributed by atoms with Gasteiger partial charge in [-0.25, -0.2) is 4.68 Å². The molecule has 0 bridgehead atoms. The number of methoxy groups -OCH3 is 1. The van der Waals surface area contributed by atoms with Crippen LogP contribution in [0.5, 0.6) is 0 Å². The van der Waals surface area contributed by atoms with Crippen molar-refractivity contribution in [1.29, 1.82) is 0 Å². The fraction of sp³-hybridized carbons (Fsp3) is 0.838. The average Bonchev–Trinajstić information content (AvgIpc) is 3.63. The Morgan fingerprint density at radius 3 is 2.47 bits per heavy atom. The lowest BCUT2D eigenvalue weighted by Gasteiger charge is -2.64. The van der Waals surface area contributed by atoms with Crippen LogP contribution in [0.4, 0.5) is 0 Å². The van der Waals surface area contributed by atoms with Crippen LogP contribution in [-0.4, -0.2) is 58.0 Å². The third-order valence-electron chi connectivity index (χ3n) is 13.0. The number of hydrogen-bond donors (Lipinski definition) is 0. The van der Waals surface area contributed by atoms with Gasteiger partial charge in [0.05, 0.1) is 12.8 Å². The van der Waals surface area contributed by atoms with E-state index in [0.717, 1.165) is 57.1 Å². The van der Waals surface area contributed by atoms with Crippen LogP contribution in [0.2, 0.25) is 0 Å². The first-order chi connectivity index (χ1) is 22.3. The zero-order valence-corrected chi connectivity index (χ0v) is 29.7. The molecular weight excluding hydrogens is 598 g/mol. The lowest BCUT2D eigenvalue weighted by Crippen LogP contribution is -2.65. The van der Waals surface area contributed by atoms with E-state index in [1.54, 1.807) is 0 Å². The van der Waals surface area contributed by atoms with E-state index in [9.17, 15) is 14.4 Å². The number of aromatic nitrogens is 3. The van der Waals surface area contributed by atoms with Gasteiger partial charge in [0.25, 0.3) is 0 Å². The normalized spacial score (nSPS) is 36.9. The second-order valence-corrected chi connectivity index (χ2v) is 15.7. The number of Topliss-reactive ketones (excluding diaryl/α,β-unsaturated/α-hetero) is 1. The summed E-state index contributed by atoms with van der Waals surface area (Å²) in [6.45, 7) is 11.8. The third-order valence-corrected chi connectivity index (χ3v) is 13.0. The molecule has 0 amide bonds. The number of ether oxygens (including phenoxy) is 3. The summed E-state index contributed by atoms with van der Waals surface area (Å²) in [4.78, 5) is 52.2. The van der Waals surface area contributed by atoms with Gasteiger partial charge in [-0.1, -0.05) is 52.2 Å². The van der Waals surface area contributed by atoms with Gasteiger partial charge in [-0.2, -0.15) is 0 Å². The minimum absolute atomic E-state index is 0.0341. The van der Waals surface area contributed by atoms with Crippen molar-refractivity contribution in [2.45, 2.75) is 143 Å². The van der Waals surface area contributed by atoms with Crippen molar-refractivity contribution in [3.63, 3.8) is 0 Å². The van der Waals surface area contributed by atoms with Gasteiger partial charge in [-0.15, -0.1) is 5.10 Å². The summed E-state index contributed by atoms with van der Waals surface area (Å²) >= 11 is 0. The van der Waals surface area contributed by atoms with Crippen LogP contribution in [0.3, 0.4) is 0 Å². The first-order valence-electron chi connectivity index (χ1n) is 18.2. The quantitative estimate of drug-likeness (QED) is 0.142. The topological polar surface area (TPSA) is 127 Å². The summed E-state index contributed by atoms with van der Waals surface area (Å²) in [5.41, 5.74) is -0.0215. The molecule has 4 unspecified atom stereocenters. The Morgan fingerprint density at radius 1 is 1.04 bits per heavy atom. The summed E-state index contributed by atoms with van der Waals surface area (Å²) in [6, 6.07) is -0.553. The van der Waals surface area contributed by atoms with Crippen LogP contribution >= 0.6 is 0 Å². The summed E-state index contributed by atoms with van der Waals surface area (Å²) < 4.78 is 18.8. The highest BCUT2D eigenvalue weighted by Crippen LogP contribution is 2.70. The molecule has 5 rings (SSSR count). The highest BCUT2D eigenvalue weighted by Gasteiger charge is 2.70. The molecule has 10 nitrogen and oxygen atoms in total.